The zero-order valence-corrected chi connectivity index (χ0v) is 7.10. The molecule has 1 heteroatoms. The van der Waals surface area contributed by atoms with Crippen LogP contribution in [0, 0.1) is 5.92 Å². The first-order valence-corrected chi connectivity index (χ1v) is 3.39. The normalized spacial score (nSPS) is 12.4. The maximum Gasteiger partial charge on any atom is 0.00579 e. The van der Waals surface area contributed by atoms with Crippen LogP contribution in [0.15, 0.2) is 11.8 Å². The minimum Gasteiger partial charge on any atom is -0.381 e. The Hall–Kier alpha value is -0.460. The van der Waals surface area contributed by atoms with Crippen LogP contribution in [0.5, 0.6) is 0 Å². The molecule has 0 aromatic carbocycles. The average Bonchev–Trinajstić information content (AvgIpc) is 1.63. The van der Waals surface area contributed by atoms with Crippen LogP contribution < -0.4 is 0 Å². The summed E-state index contributed by atoms with van der Waals surface area (Å²) in [7, 11) is 4.13. The molecule has 0 aromatic rings. The molecule has 0 amide bonds. The van der Waals surface area contributed by atoms with Crippen LogP contribution in [-0.4, -0.2) is 19.0 Å². The van der Waals surface area contributed by atoms with Gasteiger partial charge in [0.25, 0.3) is 0 Å². The average molecular weight is 127 g/mol. The van der Waals surface area contributed by atoms with Crippen molar-refractivity contribution in [1.82, 2.24) is 4.90 Å². The fraction of sp³-hybridized carbons (Fsp3) is 0.750. The molecule has 0 aromatic heterocycles. The second-order valence-electron chi connectivity index (χ2n) is 2.95. The van der Waals surface area contributed by atoms with Gasteiger partial charge in [0.1, 0.15) is 0 Å². The van der Waals surface area contributed by atoms with Crippen molar-refractivity contribution < 1.29 is 0 Å². The molecule has 0 radical (unpaired) electrons. The van der Waals surface area contributed by atoms with Crippen LogP contribution in [0.25, 0.3) is 0 Å². The molecule has 0 bridgehead atoms. The fourth-order valence-corrected chi connectivity index (χ4v) is 0.631. The Kier molecular flexibility index (Phi) is 3.36. The van der Waals surface area contributed by atoms with Crippen molar-refractivity contribution in [1.29, 1.82) is 0 Å². The van der Waals surface area contributed by atoms with Gasteiger partial charge >= 0.3 is 0 Å². The van der Waals surface area contributed by atoms with E-state index in [9.17, 15) is 0 Å². The highest BCUT2D eigenvalue weighted by Gasteiger charge is 1.91. The lowest BCUT2D eigenvalue weighted by Gasteiger charge is -2.13. The molecule has 0 unspecified atom stereocenters. The minimum absolute atomic E-state index is 0.660. The van der Waals surface area contributed by atoms with Crippen LogP contribution in [0.2, 0.25) is 0 Å². The molecule has 0 aliphatic rings. The van der Waals surface area contributed by atoms with E-state index < -0.39 is 0 Å². The molecule has 0 N–H and O–H groups in total. The third-order valence-electron chi connectivity index (χ3n) is 1.28. The smallest absolute Gasteiger partial charge is 0.00579 e. The first-order valence-electron chi connectivity index (χ1n) is 3.39. The van der Waals surface area contributed by atoms with Crippen LogP contribution in [0.1, 0.15) is 20.8 Å². The third kappa shape index (κ3) is 4.07. The van der Waals surface area contributed by atoms with Gasteiger partial charge < -0.3 is 4.90 Å². The second kappa shape index (κ2) is 3.54. The van der Waals surface area contributed by atoms with Crippen LogP contribution in [0.3, 0.4) is 0 Å². The van der Waals surface area contributed by atoms with Gasteiger partial charge in [0.2, 0.25) is 0 Å². The summed E-state index contributed by atoms with van der Waals surface area (Å²) in [5, 5.41) is 0. The molecule has 9 heavy (non-hydrogen) atoms. The summed E-state index contributed by atoms with van der Waals surface area (Å²) in [5.41, 5.74) is 1.34. The van der Waals surface area contributed by atoms with Gasteiger partial charge in [-0.05, 0) is 12.8 Å². The van der Waals surface area contributed by atoms with Gasteiger partial charge in [-0.2, -0.15) is 0 Å². The van der Waals surface area contributed by atoms with Crippen molar-refractivity contribution in [2.24, 2.45) is 5.92 Å². The largest absolute Gasteiger partial charge is 0.381 e. The predicted molar refractivity (Wildman–Crippen MR) is 42.3 cm³/mol. The van der Waals surface area contributed by atoms with Crippen LogP contribution >= 0.6 is 0 Å². The Labute approximate surface area is 58.4 Å². The van der Waals surface area contributed by atoms with Crippen molar-refractivity contribution in [2.45, 2.75) is 20.8 Å². The maximum absolute atomic E-state index is 2.25. The lowest BCUT2D eigenvalue weighted by molar-refractivity contribution is 0.506. The van der Waals surface area contributed by atoms with Crippen LogP contribution in [0.4, 0.5) is 0 Å². The summed E-state index contributed by atoms with van der Waals surface area (Å²) in [6.07, 6.45) is 2.25. The first-order chi connectivity index (χ1) is 4.04. The maximum atomic E-state index is 2.25. The first kappa shape index (κ1) is 8.54. The zero-order valence-electron chi connectivity index (χ0n) is 7.10. The molecule has 0 fully saturated rings. The molecule has 0 spiro atoms. The molecule has 0 aliphatic carbocycles. The molecule has 0 heterocycles. The second-order valence-corrected chi connectivity index (χ2v) is 2.95. The Morgan fingerprint density at radius 3 is 1.89 bits per heavy atom. The Bertz CT molecular complexity index is 101. The van der Waals surface area contributed by atoms with Crippen molar-refractivity contribution in [3.05, 3.63) is 11.8 Å². The number of nitrogens with zero attached hydrogens (tertiary/aromatic N) is 1. The zero-order chi connectivity index (χ0) is 7.44. The lowest BCUT2D eigenvalue weighted by atomic mass is 10.2. The molecule has 0 aliphatic heterocycles. The van der Waals surface area contributed by atoms with E-state index in [1.165, 1.54) is 5.70 Å². The number of rotatable bonds is 2. The highest BCUT2D eigenvalue weighted by Crippen LogP contribution is 2.02. The summed E-state index contributed by atoms with van der Waals surface area (Å²) in [4.78, 5) is 2.12. The number of hydrogen-bond acceptors (Lipinski definition) is 1. The molecule has 0 rings (SSSR count). The lowest BCUT2D eigenvalue weighted by Crippen LogP contribution is -2.08. The van der Waals surface area contributed by atoms with Gasteiger partial charge in [0.05, 0.1) is 0 Å². The van der Waals surface area contributed by atoms with E-state index in [0.29, 0.717) is 5.92 Å². The Morgan fingerprint density at radius 1 is 1.33 bits per heavy atom. The van der Waals surface area contributed by atoms with Crippen LogP contribution in [-0.2, 0) is 0 Å². The van der Waals surface area contributed by atoms with Crippen molar-refractivity contribution in [2.75, 3.05) is 14.1 Å². The standard InChI is InChI=1S/C8H17N/c1-7(2)6-8(3)9(4)5/h6-7H,1-5H3/b8-6+. The van der Waals surface area contributed by atoms with Gasteiger partial charge in [-0.3, -0.25) is 0 Å². The highest BCUT2D eigenvalue weighted by molar-refractivity contribution is 4.96. The van der Waals surface area contributed by atoms with Crippen molar-refractivity contribution in [3.8, 4) is 0 Å². The summed E-state index contributed by atoms with van der Waals surface area (Å²) >= 11 is 0. The van der Waals surface area contributed by atoms with E-state index in [4.69, 9.17) is 0 Å². The van der Waals surface area contributed by atoms with Gasteiger partial charge in [-0.15, -0.1) is 0 Å². The summed E-state index contributed by atoms with van der Waals surface area (Å²) in [6.45, 7) is 6.50. The highest BCUT2D eigenvalue weighted by atomic mass is 15.1. The van der Waals surface area contributed by atoms with Gasteiger partial charge in [-0.25, -0.2) is 0 Å². The van der Waals surface area contributed by atoms with E-state index in [-0.39, 0.29) is 0 Å². The summed E-state index contributed by atoms with van der Waals surface area (Å²) in [5.74, 6) is 0.660. The quantitative estimate of drug-likeness (QED) is 0.549. The van der Waals surface area contributed by atoms with Gasteiger partial charge in [0.15, 0.2) is 0 Å². The summed E-state index contributed by atoms with van der Waals surface area (Å²) in [6, 6.07) is 0. The van der Waals surface area contributed by atoms with E-state index in [1.54, 1.807) is 0 Å². The Balaban J connectivity index is 3.84. The molecule has 0 saturated carbocycles. The summed E-state index contributed by atoms with van der Waals surface area (Å²) < 4.78 is 0. The van der Waals surface area contributed by atoms with Crippen molar-refractivity contribution in [3.63, 3.8) is 0 Å². The third-order valence-corrected chi connectivity index (χ3v) is 1.28. The van der Waals surface area contributed by atoms with Gasteiger partial charge in [0, 0.05) is 19.8 Å². The van der Waals surface area contributed by atoms with Gasteiger partial charge in [-0.1, -0.05) is 19.9 Å². The number of allylic oxidation sites excluding steroid dienone is 2. The SMILES string of the molecule is C/C(=C\C(C)C)N(C)C. The number of hydrogen-bond donors (Lipinski definition) is 0. The van der Waals surface area contributed by atoms with E-state index >= 15 is 0 Å². The fourth-order valence-electron chi connectivity index (χ4n) is 0.631. The van der Waals surface area contributed by atoms with E-state index in [2.05, 4.69) is 45.8 Å². The molecule has 0 saturated heterocycles. The monoisotopic (exact) mass is 127 g/mol. The van der Waals surface area contributed by atoms with E-state index in [1.807, 2.05) is 0 Å². The van der Waals surface area contributed by atoms with E-state index in [0.717, 1.165) is 0 Å². The minimum atomic E-state index is 0.660. The van der Waals surface area contributed by atoms with Crippen molar-refractivity contribution >= 4 is 0 Å². The molecular formula is C8H17N. The predicted octanol–water partition coefficient (Wildman–Crippen LogP) is 2.11. The molecule has 54 valence electrons. The molecular weight excluding hydrogens is 110 g/mol. The topological polar surface area (TPSA) is 3.24 Å². The molecule has 1 nitrogen and oxygen atoms in total. The Morgan fingerprint density at radius 2 is 1.78 bits per heavy atom. The molecule has 0 atom stereocenters.